The first-order chi connectivity index (χ1) is 7.65. The summed E-state index contributed by atoms with van der Waals surface area (Å²) in [5.74, 6) is -0.237. The van der Waals surface area contributed by atoms with Crippen molar-refractivity contribution in [1.82, 2.24) is 4.57 Å². The molecule has 2 aromatic rings. The second-order valence-electron chi connectivity index (χ2n) is 3.66. The third-order valence-electron chi connectivity index (χ3n) is 2.30. The van der Waals surface area contributed by atoms with Gasteiger partial charge in [0.25, 0.3) is 0 Å². The molecular weight excluding hydrogens is 271 g/mol. The molecule has 0 saturated heterocycles. The molecule has 0 spiro atoms. The molecule has 0 fully saturated rings. The van der Waals surface area contributed by atoms with E-state index in [-0.39, 0.29) is 5.82 Å². The minimum Gasteiger partial charge on any atom is -0.379 e. The van der Waals surface area contributed by atoms with Crippen LogP contribution in [0.25, 0.3) is 0 Å². The van der Waals surface area contributed by atoms with Crippen molar-refractivity contribution in [2.45, 2.75) is 6.54 Å². The average molecular weight is 283 g/mol. The molecule has 84 valence electrons. The summed E-state index contributed by atoms with van der Waals surface area (Å²) < 4.78 is 16.2. The number of aromatic nitrogens is 1. The van der Waals surface area contributed by atoms with E-state index >= 15 is 0 Å². The molecule has 0 bridgehead atoms. The number of halogens is 2. The summed E-state index contributed by atoms with van der Waals surface area (Å²) in [4.78, 5) is 0. The fourth-order valence-corrected chi connectivity index (χ4v) is 1.86. The second-order valence-corrected chi connectivity index (χ2v) is 4.58. The van der Waals surface area contributed by atoms with Gasteiger partial charge in [-0.05, 0) is 29.8 Å². The number of hydrogen-bond acceptors (Lipinski definition) is 1. The van der Waals surface area contributed by atoms with Crippen LogP contribution in [-0.2, 0) is 13.6 Å². The van der Waals surface area contributed by atoms with E-state index in [9.17, 15) is 4.39 Å². The van der Waals surface area contributed by atoms with Crippen LogP contribution in [0.4, 0.5) is 10.1 Å². The fourth-order valence-electron chi connectivity index (χ4n) is 1.50. The molecule has 0 unspecified atom stereocenters. The normalized spacial score (nSPS) is 10.4. The molecule has 0 atom stereocenters. The van der Waals surface area contributed by atoms with E-state index in [0.29, 0.717) is 12.2 Å². The Morgan fingerprint density at radius 3 is 2.88 bits per heavy atom. The number of anilines is 1. The predicted molar refractivity (Wildman–Crippen MR) is 66.8 cm³/mol. The first kappa shape index (κ1) is 11.2. The molecular formula is C12H12BrFN2. The van der Waals surface area contributed by atoms with Gasteiger partial charge in [0.2, 0.25) is 0 Å². The topological polar surface area (TPSA) is 17.0 Å². The molecule has 16 heavy (non-hydrogen) atoms. The Morgan fingerprint density at radius 1 is 1.38 bits per heavy atom. The van der Waals surface area contributed by atoms with Crippen molar-refractivity contribution in [1.29, 1.82) is 0 Å². The van der Waals surface area contributed by atoms with E-state index in [4.69, 9.17) is 0 Å². The van der Waals surface area contributed by atoms with Crippen LogP contribution in [-0.4, -0.2) is 4.57 Å². The Morgan fingerprint density at radius 2 is 2.19 bits per heavy atom. The molecule has 0 aliphatic heterocycles. The van der Waals surface area contributed by atoms with Crippen LogP contribution < -0.4 is 5.32 Å². The van der Waals surface area contributed by atoms with Gasteiger partial charge in [0.1, 0.15) is 5.82 Å². The largest absolute Gasteiger partial charge is 0.379 e. The van der Waals surface area contributed by atoms with E-state index in [2.05, 4.69) is 21.2 Å². The first-order valence-electron chi connectivity index (χ1n) is 4.95. The minimum atomic E-state index is -0.237. The predicted octanol–water partition coefficient (Wildman–Crippen LogP) is 3.54. The summed E-state index contributed by atoms with van der Waals surface area (Å²) in [5.41, 5.74) is 1.64. The minimum absolute atomic E-state index is 0.237. The highest BCUT2D eigenvalue weighted by Crippen LogP contribution is 2.20. The van der Waals surface area contributed by atoms with Gasteiger partial charge in [-0.3, -0.25) is 0 Å². The Bertz CT molecular complexity index is 494. The van der Waals surface area contributed by atoms with Crippen LogP contribution in [0.3, 0.4) is 0 Å². The highest BCUT2D eigenvalue weighted by atomic mass is 79.9. The third kappa shape index (κ3) is 2.64. The van der Waals surface area contributed by atoms with Gasteiger partial charge in [0.15, 0.2) is 0 Å². The zero-order valence-corrected chi connectivity index (χ0v) is 10.5. The van der Waals surface area contributed by atoms with Crippen LogP contribution in [0.1, 0.15) is 5.56 Å². The van der Waals surface area contributed by atoms with Gasteiger partial charge in [0, 0.05) is 30.5 Å². The fraction of sp³-hybridized carbons (Fsp3) is 0.167. The molecule has 0 aliphatic carbocycles. The van der Waals surface area contributed by atoms with Crippen LogP contribution in [0, 0.1) is 5.82 Å². The van der Waals surface area contributed by atoms with Crippen LogP contribution >= 0.6 is 15.9 Å². The maximum atomic E-state index is 13.4. The summed E-state index contributed by atoms with van der Waals surface area (Å²) in [6.07, 6.45) is 3.97. The van der Waals surface area contributed by atoms with Gasteiger partial charge < -0.3 is 9.88 Å². The monoisotopic (exact) mass is 282 g/mol. The molecule has 4 heteroatoms. The van der Waals surface area contributed by atoms with Crippen molar-refractivity contribution in [2.75, 3.05) is 5.32 Å². The SMILES string of the molecule is Cn1ccc(CNc2cc(Br)ccc2F)c1. The number of hydrogen-bond donors (Lipinski definition) is 1. The van der Waals surface area contributed by atoms with E-state index in [0.717, 1.165) is 10.0 Å². The molecule has 2 nitrogen and oxygen atoms in total. The molecule has 1 heterocycles. The highest BCUT2D eigenvalue weighted by Gasteiger charge is 2.02. The molecule has 0 saturated carbocycles. The number of nitrogens with one attached hydrogen (secondary N) is 1. The van der Waals surface area contributed by atoms with Crippen molar-refractivity contribution in [3.8, 4) is 0 Å². The Hall–Kier alpha value is -1.29. The highest BCUT2D eigenvalue weighted by molar-refractivity contribution is 9.10. The Kier molecular flexibility index (Phi) is 3.29. The van der Waals surface area contributed by atoms with Crippen LogP contribution in [0.2, 0.25) is 0 Å². The standard InChI is InChI=1S/C12H12BrFN2/c1-16-5-4-9(8-16)7-15-12-6-10(13)2-3-11(12)14/h2-6,8,15H,7H2,1H3. The van der Waals surface area contributed by atoms with Gasteiger partial charge in [0.05, 0.1) is 5.69 Å². The van der Waals surface area contributed by atoms with Crippen molar-refractivity contribution in [3.05, 3.63) is 52.5 Å². The molecule has 1 aromatic carbocycles. The van der Waals surface area contributed by atoms with Crippen LogP contribution in [0.5, 0.6) is 0 Å². The van der Waals surface area contributed by atoms with E-state index < -0.39 is 0 Å². The number of nitrogens with zero attached hydrogens (tertiary/aromatic N) is 1. The van der Waals surface area contributed by atoms with E-state index in [1.807, 2.05) is 30.1 Å². The van der Waals surface area contributed by atoms with Gasteiger partial charge in [-0.15, -0.1) is 0 Å². The third-order valence-corrected chi connectivity index (χ3v) is 2.80. The second kappa shape index (κ2) is 4.70. The number of benzene rings is 1. The summed E-state index contributed by atoms with van der Waals surface area (Å²) >= 11 is 3.32. The zero-order valence-electron chi connectivity index (χ0n) is 8.87. The Balaban J connectivity index is 2.07. The quantitative estimate of drug-likeness (QED) is 0.911. The smallest absolute Gasteiger partial charge is 0.146 e. The van der Waals surface area contributed by atoms with Gasteiger partial charge in [-0.25, -0.2) is 4.39 Å². The summed E-state index contributed by atoms with van der Waals surface area (Å²) in [5, 5.41) is 3.07. The first-order valence-corrected chi connectivity index (χ1v) is 5.74. The maximum Gasteiger partial charge on any atom is 0.146 e. The lowest BCUT2D eigenvalue weighted by Gasteiger charge is -2.06. The molecule has 0 radical (unpaired) electrons. The van der Waals surface area contributed by atoms with E-state index in [1.54, 1.807) is 12.1 Å². The van der Waals surface area contributed by atoms with Gasteiger partial charge >= 0.3 is 0 Å². The maximum absolute atomic E-state index is 13.4. The zero-order chi connectivity index (χ0) is 11.5. The van der Waals surface area contributed by atoms with Crippen molar-refractivity contribution in [2.24, 2.45) is 7.05 Å². The summed E-state index contributed by atoms with van der Waals surface area (Å²) in [6, 6.07) is 6.86. The Labute approximate surface area is 102 Å². The van der Waals surface area contributed by atoms with E-state index in [1.165, 1.54) is 6.07 Å². The molecule has 1 N–H and O–H groups in total. The molecule has 1 aromatic heterocycles. The lowest BCUT2D eigenvalue weighted by molar-refractivity contribution is 0.630. The summed E-state index contributed by atoms with van der Waals surface area (Å²) in [7, 11) is 1.96. The van der Waals surface area contributed by atoms with Gasteiger partial charge in [-0.1, -0.05) is 15.9 Å². The number of aryl methyl sites for hydroxylation is 1. The molecule has 2 rings (SSSR count). The van der Waals surface area contributed by atoms with Crippen molar-refractivity contribution < 1.29 is 4.39 Å². The molecule has 0 aliphatic rings. The van der Waals surface area contributed by atoms with Gasteiger partial charge in [-0.2, -0.15) is 0 Å². The average Bonchev–Trinajstić information content (AvgIpc) is 2.66. The lowest BCUT2D eigenvalue weighted by Crippen LogP contribution is -2.00. The number of rotatable bonds is 3. The van der Waals surface area contributed by atoms with Crippen LogP contribution in [0.15, 0.2) is 41.1 Å². The lowest BCUT2D eigenvalue weighted by atomic mass is 10.3. The van der Waals surface area contributed by atoms with Crippen molar-refractivity contribution >= 4 is 21.6 Å². The summed E-state index contributed by atoms with van der Waals surface area (Å²) in [6.45, 7) is 0.619. The van der Waals surface area contributed by atoms with Crippen molar-refractivity contribution in [3.63, 3.8) is 0 Å². The molecule has 0 amide bonds.